The minimum Gasteiger partial charge on any atom is -0.333 e. The molecule has 0 aliphatic carbocycles. The number of hydrogen-bond donors (Lipinski definition) is 3. The van der Waals surface area contributed by atoms with Crippen molar-refractivity contribution in [2.24, 2.45) is 0 Å². The number of hydrogen-bond acceptors (Lipinski definition) is 3. The molecule has 3 N–H and O–H groups in total. The number of amides is 3. The Morgan fingerprint density at radius 3 is 2.68 bits per heavy atom. The summed E-state index contributed by atoms with van der Waals surface area (Å²) in [4.78, 5) is 26.5. The third-order valence-electron chi connectivity index (χ3n) is 4.41. The Labute approximate surface area is 146 Å². The highest BCUT2D eigenvalue weighted by Gasteiger charge is 2.34. The highest BCUT2D eigenvalue weighted by molar-refractivity contribution is 6.02. The van der Waals surface area contributed by atoms with E-state index >= 15 is 0 Å². The molecule has 1 aliphatic heterocycles. The maximum absolute atomic E-state index is 12.7. The predicted octanol–water partition coefficient (Wildman–Crippen LogP) is 1.94. The van der Waals surface area contributed by atoms with Gasteiger partial charge in [0.25, 0.3) is 0 Å². The second-order valence-electron chi connectivity index (χ2n) is 6.49. The van der Waals surface area contributed by atoms with E-state index in [0.29, 0.717) is 19.5 Å². The summed E-state index contributed by atoms with van der Waals surface area (Å²) in [7, 11) is 0. The van der Waals surface area contributed by atoms with E-state index in [0.717, 1.165) is 22.5 Å². The molecule has 7 nitrogen and oxygen atoms in total. The molecule has 2 heterocycles. The number of aromatic nitrogens is 2. The van der Waals surface area contributed by atoms with Crippen molar-refractivity contribution in [2.45, 2.75) is 39.8 Å². The fourth-order valence-corrected chi connectivity index (χ4v) is 3.40. The molecule has 0 bridgehead atoms. The van der Waals surface area contributed by atoms with Crippen LogP contribution in [0.2, 0.25) is 0 Å². The predicted molar refractivity (Wildman–Crippen MR) is 95.4 cm³/mol. The minimum atomic E-state index is -0.498. The van der Waals surface area contributed by atoms with E-state index < -0.39 is 6.04 Å². The Morgan fingerprint density at radius 1 is 1.32 bits per heavy atom. The Kier molecular flexibility index (Phi) is 4.74. The van der Waals surface area contributed by atoms with Gasteiger partial charge in [-0.1, -0.05) is 17.7 Å². The molecule has 1 atom stereocenters. The molecular weight excluding hydrogens is 318 g/mol. The highest BCUT2D eigenvalue weighted by Crippen LogP contribution is 2.29. The molecule has 3 amide bonds. The number of aryl methyl sites for hydroxylation is 3. The van der Waals surface area contributed by atoms with Crippen LogP contribution in [0.25, 0.3) is 0 Å². The smallest absolute Gasteiger partial charge is 0.315 e. The molecule has 7 heteroatoms. The summed E-state index contributed by atoms with van der Waals surface area (Å²) in [5.74, 6) is -0.0632. The van der Waals surface area contributed by atoms with Gasteiger partial charge in [0, 0.05) is 18.4 Å². The molecule has 2 aromatic rings. The number of benzene rings is 1. The number of urea groups is 1. The normalized spacial score (nSPS) is 17.0. The quantitative estimate of drug-likeness (QED) is 0.794. The van der Waals surface area contributed by atoms with Crippen LogP contribution in [-0.2, 0) is 11.3 Å². The summed E-state index contributed by atoms with van der Waals surface area (Å²) in [6, 6.07) is 5.08. The van der Waals surface area contributed by atoms with Gasteiger partial charge in [-0.3, -0.25) is 9.89 Å². The Hall–Kier alpha value is -2.83. The molecule has 25 heavy (non-hydrogen) atoms. The van der Waals surface area contributed by atoms with Gasteiger partial charge in [0.05, 0.1) is 12.2 Å². The SMILES string of the molecule is Cc1cc(C)c(N2CC[C@@H](NC(=O)NCc3ccn[nH]3)C2=O)c(C)c1. The lowest BCUT2D eigenvalue weighted by atomic mass is 10.0. The molecule has 132 valence electrons. The van der Waals surface area contributed by atoms with E-state index in [1.54, 1.807) is 17.2 Å². The first-order valence-corrected chi connectivity index (χ1v) is 8.37. The minimum absolute atomic E-state index is 0.0632. The zero-order chi connectivity index (χ0) is 18.0. The summed E-state index contributed by atoms with van der Waals surface area (Å²) >= 11 is 0. The van der Waals surface area contributed by atoms with Crippen LogP contribution in [0, 0.1) is 20.8 Å². The van der Waals surface area contributed by atoms with E-state index in [2.05, 4.69) is 33.0 Å². The van der Waals surface area contributed by atoms with Crippen molar-refractivity contribution >= 4 is 17.6 Å². The van der Waals surface area contributed by atoms with Gasteiger partial charge in [-0.2, -0.15) is 5.10 Å². The van der Waals surface area contributed by atoms with Crippen molar-refractivity contribution in [1.82, 2.24) is 20.8 Å². The van der Waals surface area contributed by atoms with E-state index in [1.807, 2.05) is 20.8 Å². The average molecular weight is 341 g/mol. The lowest BCUT2D eigenvalue weighted by Crippen LogP contribution is -2.46. The zero-order valence-corrected chi connectivity index (χ0v) is 14.7. The Morgan fingerprint density at radius 2 is 2.04 bits per heavy atom. The molecule has 3 rings (SSSR count). The first kappa shape index (κ1) is 17.0. The van der Waals surface area contributed by atoms with Gasteiger partial charge in [-0.15, -0.1) is 0 Å². The van der Waals surface area contributed by atoms with Crippen LogP contribution < -0.4 is 15.5 Å². The van der Waals surface area contributed by atoms with Crippen molar-refractivity contribution in [1.29, 1.82) is 0 Å². The van der Waals surface area contributed by atoms with Crippen molar-refractivity contribution < 1.29 is 9.59 Å². The number of nitrogens with one attached hydrogen (secondary N) is 3. The molecule has 0 unspecified atom stereocenters. The van der Waals surface area contributed by atoms with Gasteiger partial charge in [-0.05, 0) is 44.4 Å². The van der Waals surface area contributed by atoms with Gasteiger partial charge in [0.15, 0.2) is 0 Å². The lowest BCUT2D eigenvalue weighted by Gasteiger charge is -2.22. The number of nitrogens with zero attached hydrogens (tertiary/aromatic N) is 2. The summed E-state index contributed by atoms with van der Waals surface area (Å²) in [6.45, 7) is 7.02. The van der Waals surface area contributed by atoms with Gasteiger partial charge >= 0.3 is 6.03 Å². The first-order valence-electron chi connectivity index (χ1n) is 8.37. The summed E-state index contributed by atoms with van der Waals surface area (Å²) in [5, 5.41) is 12.1. The summed E-state index contributed by atoms with van der Waals surface area (Å²) in [6.07, 6.45) is 2.22. The van der Waals surface area contributed by atoms with Crippen molar-refractivity contribution in [3.05, 3.63) is 46.8 Å². The molecule has 1 aromatic carbocycles. The van der Waals surface area contributed by atoms with Crippen LogP contribution in [-0.4, -0.2) is 34.7 Å². The second kappa shape index (κ2) is 6.96. The van der Waals surface area contributed by atoms with E-state index in [9.17, 15) is 9.59 Å². The molecule has 1 saturated heterocycles. The van der Waals surface area contributed by atoms with E-state index in [-0.39, 0.29) is 11.9 Å². The van der Waals surface area contributed by atoms with Crippen LogP contribution in [0.4, 0.5) is 10.5 Å². The summed E-state index contributed by atoms with van der Waals surface area (Å²) in [5.41, 5.74) is 5.10. The number of carbonyl (C=O) groups excluding carboxylic acids is 2. The number of H-pyrrole nitrogens is 1. The maximum Gasteiger partial charge on any atom is 0.315 e. The van der Waals surface area contributed by atoms with E-state index in [1.165, 1.54) is 5.56 Å². The fourth-order valence-electron chi connectivity index (χ4n) is 3.40. The van der Waals surface area contributed by atoms with Gasteiger partial charge in [-0.25, -0.2) is 4.79 Å². The standard InChI is InChI=1S/C18H23N5O2/c1-11-8-12(2)16(13(3)9-11)23-7-5-15(17(23)24)21-18(25)19-10-14-4-6-20-22-14/h4,6,8-9,15H,5,7,10H2,1-3H3,(H,20,22)(H2,19,21,25)/t15-/m1/s1. The molecular formula is C18H23N5O2. The first-order chi connectivity index (χ1) is 12.0. The number of anilines is 1. The molecule has 1 aliphatic rings. The fraction of sp³-hybridized carbons (Fsp3) is 0.389. The molecule has 1 aromatic heterocycles. The number of carbonyl (C=O) groups is 2. The number of aromatic amines is 1. The Bertz CT molecular complexity index is 762. The Balaban J connectivity index is 1.63. The highest BCUT2D eigenvalue weighted by atomic mass is 16.2. The van der Waals surface area contributed by atoms with Crippen LogP contribution >= 0.6 is 0 Å². The zero-order valence-electron chi connectivity index (χ0n) is 14.7. The summed E-state index contributed by atoms with van der Waals surface area (Å²) < 4.78 is 0. The van der Waals surface area contributed by atoms with Crippen LogP contribution in [0.5, 0.6) is 0 Å². The monoisotopic (exact) mass is 341 g/mol. The topological polar surface area (TPSA) is 90.1 Å². The third-order valence-corrected chi connectivity index (χ3v) is 4.41. The van der Waals surface area contributed by atoms with Gasteiger partial charge < -0.3 is 15.5 Å². The van der Waals surface area contributed by atoms with Crippen molar-refractivity contribution in [2.75, 3.05) is 11.4 Å². The maximum atomic E-state index is 12.7. The molecule has 0 radical (unpaired) electrons. The van der Waals surface area contributed by atoms with Gasteiger partial charge in [0.2, 0.25) is 5.91 Å². The largest absolute Gasteiger partial charge is 0.333 e. The van der Waals surface area contributed by atoms with Gasteiger partial charge in [0.1, 0.15) is 6.04 Å². The third kappa shape index (κ3) is 3.65. The van der Waals surface area contributed by atoms with Crippen LogP contribution in [0.3, 0.4) is 0 Å². The van der Waals surface area contributed by atoms with Crippen molar-refractivity contribution in [3.63, 3.8) is 0 Å². The molecule has 1 fully saturated rings. The molecule has 0 spiro atoms. The molecule has 0 saturated carbocycles. The lowest BCUT2D eigenvalue weighted by molar-refractivity contribution is -0.118. The average Bonchev–Trinajstić information content (AvgIpc) is 3.17. The number of rotatable bonds is 4. The van der Waals surface area contributed by atoms with Crippen molar-refractivity contribution in [3.8, 4) is 0 Å². The van der Waals surface area contributed by atoms with E-state index in [4.69, 9.17) is 0 Å². The van der Waals surface area contributed by atoms with Crippen LogP contribution in [0.15, 0.2) is 24.4 Å². The second-order valence-corrected chi connectivity index (χ2v) is 6.49. The van der Waals surface area contributed by atoms with Crippen LogP contribution in [0.1, 0.15) is 28.8 Å².